The summed E-state index contributed by atoms with van der Waals surface area (Å²) in [6.07, 6.45) is -1.09. The van der Waals surface area contributed by atoms with Crippen LogP contribution in [0.3, 0.4) is 0 Å². The van der Waals surface area contributed by atoms with E-state index in [0.29, 0.717) is 5.96 Å². The number of rotatable bonds is 8. The molecular weight excluding hydrogens is 589 g/mol. The SMILES string of the molecule is CN/C(=N/C#N)NCCSCc1nc[nH]c1C.O=C(O)C(O)C(O)C(=O)O.[BiH3]. The number of nitrogens with one attached hydrogen (secondary N) is 3. The summed E-state index contributed by atoms with van der Waals surface area (Å²) >= 11 is 1.79. The van der Waals surface area contributed by atoms with Crippen molar-refractivity contribution in [2.45, 2.75) is 24.9 Å². The first kappa shape index (κ1) is 28.3. The third kappa shape index (κ3) is 11.7. The Bertz CT molecular complexity index is 662. The Kier molecular flexibility index (Phi) is 16.2. The molecule has 14 heteroatoms. The number of guanidine groups is 1. The number of H-pyrrole nitrogens is 1. The molecule has 0 bridgehead atoms. The molecule has 7 N–H and O–H groups in total. The topological polar surface area (TPSA) is 204 Å². The van der Waals surface area contributed by atoms with Crippen molar-refractivity contribution in [2.75, 3.05) is 19.3 Å². The zero-order chi connectivity index (χ0) is 20.8. The zero-order valence-electron chi connectivity index (χ0n) is 15.4. The van der Waals surface area contributed by atoms with Crippen LogP contribution >= 0.6 is 11.8 Å². The summed E-state index contributed by atoms with van der Waals surface area (Å²) in [6, 6.07) is 0. The van der Waals surface area contributed by atoms with Crippen LogP contribution in [-0.2, 0) is 15.3 Å². The van der Waals surface area contributed by atoms with E-state index in [1.165, 1.54) is 0 Å². The average Bonchev–Trinajstić information content (AvgIpc) is 3.04. The molecule has 0 saturated carbocycles. The standard InChI is InChI=1S/C10H16N6S.C4H6O6.Bi.3H/c1-8-9(16-7-15-8)5-17-4-3-13-10(12-2)14-6-11;5-1(3(7)8)2(6)4(9)10;;;;/h7H,3-5H2,1-2H3,(H,15,16)(H2,12,13,14);1-2,5-6H,(H,7,8)(H,9,10);;;;. The summed E-state index contributed by atoms with van der Waals surface area (Å²) in [5.41, 5.74) is 2.21. The Morgan fingerprint density at radius 3 is 2.32 bits per heavy atom. The Morgan fingerprint density at radius 2 is 1.93 bits per heavy atom. The van der Waals surface area contributed by atoms with Gasteiger partial charge in [0.2, 0.25) is 12.2 Å². The van der Waals surface area contributed by atoms with Gasteiger partial charge in [-0.05, 0) is 6.92 Å². The first-order valence-electron chi connectivity index (χ1n) is 7.51. The van der Waals surface area contributed by atoms with Crippen molar-refractivity contribution in [2.24, 2.45) is 4.99 Å². The van der Waals surface area contributed by atoms with Gasteiger partial charge in [-0.1, -0.05) is 0 Å². The summed E-state index contributed by atoms with van der Waals surface area (Å²) < 4.78 is 0. The van der Waals surface area contributed by atoms with Crippen LogP contribution in [0, 0.1) is 18.4 Å². The van der Waals surface area contributed by atoms with Gasteiger partial charge in [-0.25, -0.2) is 14.6 Å². The summed E-state index contributed by atoms with van der Waals surface area (Å²) in [7, 11) is 1.73. The number of hydrogen-bond donors (Lipinski definition) is 7. The van der Waals surface area contributed by atoms with Crippen molar-refractivity contribution in [1.29, 1.82) is 5.26 Å². The molecule has 12 nitrogen and oxygen atoms in total. The van der Waals surface area contributed by atoms with Crippen LogP contribution in [-0.4, -0.2) is 106 Å². The van der Waals surface area contributed by atoms with Crippen molar-refractivity contribution in [3.05, 3.63) is 17.7 Å². The van der Waals surface area contributed by atoms with Gasteiger partial charge in [-0.3, -0.25) is 0 Å². The molecule has 1 aromatic rings. The van der Waals surface area contributed by atoms with Crippen molar-refractivity contribution in [1.82, 2.24) is 20.6 Å². The molecule has 1 rings (SSSR count). The summed E-state index contributed by atoms with van der Waals surface area (Å²) in [5.74, 6) is -1.21. The van der Waals surface area contributed by atoms with E-state index < -0.39 is 24.1 Å². The van der Waals surface area contributed by atoms with Crippen molar-refractivity contribution in [3.8, 4) is 6.19 Å². The van der Waals surface area contributed by atoms with Gasteiger partial charge in [0.15, 0.2) is 12.2 Å². The Balaban J connectivity index is 0. The summed E-state index contributed by atoms with van der Waals surface area (Å²) in [5, 5.41) is 46.8. The number of thioether (sulfide) groups is 1. The first-order chi connectivity index (χ1) is 12.7. The number of carboxylic acid groups (broad SMARTS) is 2. The van der Waals surface area contributed by atoms with Crippen LogP contribution < -0.4 is 10.6 Å². The second kappa shape index (κ2) is 16.1. The second-order valence-corrected chi connectivity index (χ2v) is 5.94. The number of imidazole rings is 1. The van der Waals surface area contributed by atoms with Gasteiger partial charge in [0.05, 0.1) is 12.0 Å². The van der Waals surface area contributed by atoms with E-state index in [1.54, 1.807) is 31.3 Å². The molecule has 1 heterocycles. The van der Waals surface area contributed by atoms with E-state index in [1.807, 2.05) is 6.92 Å². The van der Waals surface area contributed by atoms with Gasteiger partial charge in [-0.15, -0.1) is 4.99 Å². The third-order valence-corrected chi connectivity index (χ3v) is 3.89. The minimum atomic E-state index is -2.27. The van der Waals surface area contributed by atoms with Gasteiger partial charge < -0.3 is 36.0 Å². The molecule has 0 aliphatic carbocycles. The molecule has 2 unspecified atom stereocenters. The van der Waals surface area contributed by atoms with Gasteiger partial charge >= 0.3 is 38.1 Å². The van der Waals surface area contributed by atoms with E-state index in [2.05, 4.69) is 25.6 Å². The molecule has 1 aromatic heterocycles. The number of aliphatic imine (C=N–C) groups is 1. The van der Waals surface area contributed by atoms with Crippen LogP contribution in [0.2, 0.25) is 0 Å². The van der Waals surface area contributed by atoms with Crippen molar-refractivity contribution >= 4 is 55.9 Å². The molecule has 2 atom stereocenters. The number of aromatic nitrogens is 2. The Morgan fingerprint density at radius 1 is 1.36 bits per heavy atom. The third-order valence-electron chi connectivity index (χ3n) is 2.92. The predicted molar refractivity (Wildman–Crippen MR) is 107 cm³/mol. The fraction of sp³-hybridized carbons (Fsp3) is 0.500. The number of aliphatic hydroxyl groups excluding tert-OH is 2. The van der Waals surface area contributed by atoms with Crippen LogP contribution in [0.25, 0.3) is 0 Å². The molecule has 0 aliphatic heterocycles. The van der Waals surface area contributed by atoms with E-state index in [9.17, 15) is 9.59 Å². The molecular formula is C14H25BiN6O6S. The van der Waals surface area contributed by atoms with Crippen LogP contribution in [0.1, 0.15) is 11.4 Å². The van der Waals surface area contributed by atoms with Crippen molar-refractivity contribution < 1.29 is 30.0 Å². The fourth-order valence-electron chi connectivity index (χ4n) is 1.45. The predicted octanol–water partition coefficient (Wildman–Crippen LogP) is -2.71. The molecule has 28 heavy (non-hydrogen) atoms. The van der Waals surface area contributed by atoms with Gasteiger partial charge in [0.25, 0.3) is 0 Å². The van der Waals surface area contributed by atoms with Gasteiger partial charge in [0, 0.05) is 30.8 Å². The molecule has 0 fully saturated rings. The normalized spacial score (nSPS) is 12.3. The monoisotopic (exact) mass is 614 g/mol. The fourth-order valence-corrected chi connectivity index (χ4v) is 2.32. The minimum absolute atomic E-state index is 0. The van der Waals surface area contributed by atoms with E-state index in [-0.39, 0.29) is 26.2 Å². The summed E-state index contributed by atoms with van der Waals surface area (Å²) in [6.45, 7) is 2.77. The molecule has 158 valence electrons. The first-order valence-corrected chi connectivity index (χ1v) is 8.66. The van der Waals surface area contributed by atoms with Gasteiger partial charge in [-0.2, -0.15) is 17.0 Å². The Hall–Kier alpha value is -1.94. The summed E-state index contributed by atoms with van der Waals surface area (Å²) in [4.78, 5) is 30.4. The second-order valence-electron chi connectivity index (χ2n) is 4.83. The number of nitriles is 1. The molecule has 0 amide bonds. The number of hydrogen-bond acceptors (Lipinski definition) is 8. The van der Waals surface area contributed by atoms with E-state index >= 15 is 0 Å². The van der Waals surface area contributed by atoms with Crippen molar-refractivity contribution in [3.63, 3.8) is 0 Å². The number of aromatic amines is 1. The molecule has 0 radical (unpaired) electrons. The molecule has 0 aromatic carbocycles. The molecule has 0 spiro atoms. The number of aryl methyl sites for hydroxylation is 1. The maximum atomic E-state index is 9.77. The zero-order valence-corrected chi connectivity index (χ0v) is 21.7. The number of carbonyl (C=O) groups is 2. The van der Waals surface area contributed by atoms with Crippen LogP contribution in [0.15, 0.2) is 11.3 Å². The van der Waals surface area contributed by atoms with E-state index in [0.717, 1.165) is 29.4 Å². The van der Waals surface area contributed by atoms with E-state index in [4.69, 9.17) is 25.7 Å². The van der Waals surface area contributed by atoms with Gasteiger partial charge in [0.1, 0.15) is 0 Å². The average molecular weight is 614 g/mol. The van der Waals surface area contributed by atoms with Crippen LogP contribution in [0.5, 0.6) is 0 Å². The molecule has 0 aliphatic rings. The number of aliphatic hydroxyl groups is 2. The molecule has 0 saturated heterocycles. The quantitative estimate of drug-likeness (QED) is 0.0528. The Labute approximate surface area is 184 Å². The maximum absolute atomic E-state index is 9.77. The number of aliphatic carboxylic acids is 2. The van der Waals surface area contributed by atoms with Crippen LogP contribution in [0.4, 0.5) is 0 Å². The number of carboxylic acids is 2. The number of nitrogens with zero attached hydrogens (tertiary/aromatic N) is 3.